The number of unbranched alkanes of at least 4 members (excludes halogenated alkanes) is 1. The van der Waals surface area contributed by atoms with Gasteiger partial charge in [0.2, 0.25) is 5.70 Å². The molecule has 4 nitrogen and oxygen atoms in total. The van der Waals surface area contributed by atoms with Crippen molar-refractivity contribution in [3.05, 3.63) is 94.8 Å². The zero-order valence-electron chi connectivity index (χ0n) is 15.4. The molecular weight excluding hydrogens is 326 g/mol. The third-order valence-corrected chi connectivity index (χ3v) is 3.12. The number of allylic oxidation sites excluding steroid dienone is 13. The first-order chi connectivity index (χ1) is 12.7. The van der Waals surface area contributed by atoms with Crippen molar-refractivity contribution in [3.8, 4) is 0 Å². The van der Waals surface area contributed by atoms with Crippen molar-refractivity contribution in [3.63, 3.8) is 0 Å². The van der Waals surface area contributed by atoms with Crippen molar-refractivity contribution >= 4 is 6.29 Å². The molecule has 1 radical (unpaired) electrons. The second kappa shape index (κ2) is 18.6. The van der Waals surface area contributed by atoms with Gasteiger partial charge >= 0.3 is 0 Å². The molecule has 0 aromatic carbocycles. The van der Waals surface area contributed by atoms with Crippen molar-refractivity contribution < 1.29 is 9.72 Å². The van der Waals surface area contributed by atoms with E-state index < -0.39 is 4.92 Å². The van der Waals surface area contributed by atoms with Crippen molar-refractivity contribution in [2.45, 2.75) is 45.4 Å². The van der Waals surface area contributed by atoms with Crippen molar-refractivity contribution in [1.82, 2.24) is 0 Å². The summed E-state index contributed by atoms with van der Waals surface area (Å²) >= 11 is 0. The Morgan fingerprint density at radius 2 is 1.54 bits per heavy atom. The third kappa shape index (κ3) is 16.1. The Morgan fingerprint density at radius 3 is 2.23 bits per heavy atom. The summed E-state index contributed by atoms with van der Waals surface area (Å²) in [6, 6.07) is 0. The number of hydrogen-bond donors (Lipinski definition) is 0. The monoisotopic (exact) mass is 354 g/mol. The number of nitrogens with zero attached hydrogens (tertiary/aromatic N) is 1. The quantitative estimate of drug-likeness (QED) is 0.127. The molecule has 0 saturated heterocycles. The van der Waals surface area contributed by atoms with E-state index in [-0.39, 0.29) is 12.1 Å². The van der Waals surface area contributed by atoms with Crippen LogP contribution in [-0.4, -0.2) is 11.2 Å². The van der Waals surface area contributed by atoms with Crippen molar-refractivity contribution in [1.29, 1.82) is 0 Å². The summed E-state index contributed by atoms with van der Waals surface area (Å²) in [6.45, 7) is 2.12. The van der Waals surface area contributed by atoms with E-state index in [0.29, 0.717) is 12.8 Å². The van der Waals surface area contributed by atoms with E-state index in [4.69, 9.17) is 0 Å². The molecule has 0 bridgehead atoms. The average molecular weight is 354 g/mol. The predicted octanol–water partition coefficient (Wildman–Crippen LogP) is 5.95. The molecule has 0 spiro atoms. The van der Waals surface area contributed by atoms with Gasteiger partial charge in [-0.05, 0) is 25.7 Å². The van der Waals surface area contributed by atoms with Gasteiger partial charge < -0.3 is 0 Å². The van der Waals surface area contributed by atoms with Crippen molar-refractivity contribution in [2.75, 3.05) is 0 Å². The molecule has 0 rings (SSSR count). The van der Waals surface area contributed by atoms with Crippen LogP contribution in [0.15, 0.2) is 84.7 Å². The van der Waals surface area contributed by atoms with Crippen molar-refractivity contribution in [2.24, 2.45) is 0 Å². The number of carbonyl (C=O) groups excluding carboxylic acids is 1. The molecule has 0 saturated carbocycles. The van der Waals surface area contributed by atoms with Gasteiger partial charge in [0.05, 0.1) is 11.3 Å². The van der Waals surface area contributed by atoms with E-state index in [0.717, 1.165) is 19.3 Å². The van der Waals surface area contributed by atoms with Gasteiger partial charge in [-0.15, -0.1) is 0 Å². The van der Waals surface area contributed by atoms with E-state index in [9.17, 15) is 14.9 Å². The average Bonchev–Trinajstić information content (AvgIpc) is 2.63. The van der Waals surface area contributed by atoms with Gasteiger partial charge in [-0.1, -0.05) is 79.8 Å². The highest BCUT2D eigenvalue weighted by Gasteiger charge is 2.05. The molecule has 0 fully saturated rings. The first-order valence-corrected chi connectivity index (χ1v) is 8.85. The zero-order chi connectivity index (χ0) is 19.3. The standard InChI is InChI=1S/C22H28NO3/c1-2-3-4-5-6-7-8-9-10-11-12-13-16-19-22(23(25)26)20-17-14-15-18-21-24/h3-4,6-7,9-14,16-17,19H,2,5,8,15,18,20H2,1H3/b4-3+,7-6+,10-9+,12-11+,16-13+,17-14+,22-19-. The Kier molecular flexibility index (Phi) is 16.6. The Labute approximate surface area is 156 Å². The van der Waals surface area contributed by atoms with Crippen LogP contribution < -0.4 is 0 Å². The fraction of sp³-hybridized carbons (Fsp3) is 0.318. The fourth-order valence-electron chi connectivity index (χ4n) is 1.80. The van der Waals surface area contributed by atoms with Gasteiger partial charge in [-0.2, -0.15) is 0 Å². The Hall–Kier alpha value is -2.75. The minimum absolute atomic E-state index is 0.110. The normalized spacial score (nSPS) is 13.5. The Bertz CT molecular complexity index is 591. The highest BCUT2D eigenvalue weighted by molar-refractivity contribution is 5.50. The van der Waals surface area contributed by atoms with E-state index in [1.165, 1.54) is 6.08 Å². The van der Waals surface area contributed by atoms with E-state index in [1.54, 1.807) is 30.6 Å². The molecule has 139 valence electrons. The van der Waals surface area contributed by atoms with Crippen LogP contribution in [-0.2, 0) is 4.79 Å². The second-order valence-electron chi connectivity index (χ2n) is 5.29. The van der Waals surface area contributed by atoms with Crippen LogP contribution in [0, 0.1) is 10.1 Å². The van der Waals surface area contributed by atoms with Crippen LogP contribution in [0.3, 0.4) is 0 Å². The molecule has 0 aromatic heterocycles. The van der Waals surface area contributed by atoms with Gasteiger partial charge in [0.15, 0.2) is 6.29 Å². The molecule has 26 heavy (non-hydrogen) atoms. The molecule has 0 heterocycles. The molecule has 0 unspecified atom stereocenters. The van der Waals surface area contributed by atoms with Gasteiger partial charge in [0, 0.05) is 12.5 Å². The van der Waals surface area contributed by atoms with E-state index >= 15 is 0 Å². The Morgan fingerprint density at radius 1 is 0.885 bits per heavy atom. The van der Waals surface area contributed by atoms with Crippen LogP contribution >= 0.6 is 0 Å². The van der Waals surface area contributed by atoms with Crippen LogP contribution in [0.1, 0.15) is 45.4 Å². The lowest BCUT2D eigenvalue weighted by Gasteiger charge is -1.92. The van der Waals surface area contributed by atoms with Crippen LogP contribution in [0.4, 0.5) is 0 Å². The maximum Gasteiger partial charge on any atom is 0.249 e. The predicted molar refractivity (Wildman–Crippen MR) is 109 cm³/mol. The smallest absolute Gasteiger partial charge is 0.249 e. The lowest BCUT2D eigenvalue weighted by atomic mass is 10.2. The molecule has 0 aliphatic rings. The van der Waals surface area contributed by atoms with Gasteiger partial charge in [0.1, 0.15) is 0 Å². The van der Waals surface area contributed by atoms with Crippen LogP contribution in [0.5, 0.6) is 0 Å². The molecule has 0 atom stereocenters. The van der Waals surface area contributed by atoms with Gasteiger partial charge in [-0.25, -0.2) is 0 Å². The lowest BCUT2D eigenvalue weighted by Crippen LogP contribution is -1.96. The summed E-state index contributed by atoms with van der Waals surface area (Å²) in [7, 11) is 0. The highest BCUT2D eigenvalue weighted by atomic mass is 16.6. The summed E-state index contributed by atoms with van der Waals surface area (Å²) in [4.78, 5) is 20.6. The fourth-order valence-corrected chi connectivity index (χ4v) is 1.80. The zero-order valence-corrected chi connectivity index (χ0v) is 15.4. The minimum atomic E-state index is -0.397. The molecule has 0 aromatic rings. The van der Waals surface area contributed by atoms with Crippen LogP contribution in [0.25, 0.3) is 0 Å². The molecule has 0 amide bonds. The number of rotatable bonds is 14. The topological polar surface area (TPSA) is 60.2 Å². The first kappa shape index (κ1) is 23.2. The summed E-state index contributed by atoms with van der Waals surface area (Å²) in [5, 5.41) is 10.9. The van der Waals surface area contributed by atoms with Gasteiger partial charge in [0.25, 0.3) is 0 Å². The second-order valence-corrected chi connectivity index (χ2v) is 5.29. The maximum atomic E-state index is 10.9. The molecule has 0 aliphatic carbocycles. The number of nitro groups is 1. The summed E-state index contributed by atoms with van der Waals surface area (Å²) in [5.74, 6) is 0. The summed E-state index contributed by atoms with van der Waals surface area (Å²) in [6.07, 6.45) is 30.4. The SMILES string of the molecule is CC/C=C/C/C=C/C/C=C/C=C/C=C/C=C(/C/C=C/CC[C]=O)[N+](=O)[O-]. The molecule has 0 aliphatic heterocycles. The van der Waals surface area contributed by atoms with Gasteiger partial charge in [-0.3, -0.25) is 14.9 Å². The molecular formula is C22H28NO3. The third-order valence-electron chi connectivity index (χ3n) is 3.12. The largest absolute Gasteiger partial charge is 0.291 e. The minimum Gasteiger partial charge on any atom is -0.291 e. The maximum absolute atomic E-state index is 10.9. The lowest BCUT2D eigenvalue weighted by molar-refractivity contribution is -0.426. The highest BCUT2D eigenvalue weighted by Crippen LogP contribution is 2.05. The number of hydrogen-bond acceptors (Lipinski definition) is 3. The summed E-state index contributed by atoms with van der Waals surface area (Å²) in [5.41, 5.74) is 0.110. The van der Waals surface area contributed by atoms with E-state index in [2.05, 4.69) is 31.2 Å². The van der Waals surface area contributed by atoms with Crippen LogP contribution in [0.2, 0.25) is 0 Å². The first-order valence-electron chi connectivity index (χ1n) is 8.85. The Balaban J connectivity index is 4.19. The summed E-state index contributed by atoms with van der Waals surface area (Å²) < 4.78 is 0. The van der Waals surface area contributed by atoms with E-state index in [1.807, 2.05) is 24.3 Å². The molecule has 0 N–H and O–H groups in total. The molecule has 4 heteroatoms.